The number of carboxylic acid groups (broad SMARTS) is 1. The zero-order chi connectivity index (χ0) is 11.5. The molecule has 0 aliphatic carbocycles. The number of nitrogens with zero attached hydrogens (tertiary/aromatic N) is 2. The van der Waals surface area contributed by atoms with Crippen LogP contribution in [-0.4, -0.2) is 34.0 Å². The first-order chi connectivity index (χ1) is 7.68. The molecule has 1 fully saturated rings. The molecule has 0 amide bonds. The van der Waals surface area contributed by atoms with Crippen LogP contribution in [0.3, 0.4) is 0 Å². The van der Waals surface area contributed by atoms with Crippen molar-refractivity contribution >= 4 is 5.97 Å². The van der Waals surface area contributed by atoms with Gasteiger partial charge < -0.3 is 9.52 Å². The van der Waals surface area contributed by atoms with Gasteiger partial charge in [0.15, 0.2) is 6.39 Å². The molecular weight excluding hydrogens is 208 g/mol. The Morgan fingerprint density at radius 3 is 2.81 bits per heavy atom. The number of hydrogen-bond acceptors (Lipinski definition) is 4. The maximum Gasteiger partial charge on any atom is 0.305 e. The van der Waals surface area contributed by atoms with E-state index >= 15 is 0 Å². The lowest BCUT2D eigenvalue weighted by Gasteiger charge is -2.24. The van der Waals surface area contributed by atoms with Crippen LogP contribution in [0, 0.1) is 6.92 Å². The molecular formula is C11H16N2O3. The molecule has 1 aliphatic heterocycles. The highest BCUT2D eigenvalue weighted by Crippen LogP contribution is 2.29. The molecule has 0 aromatic carbocycles. The summed E-state index contributed by atoms with van der Waals surface area (Å²) in [6.07, 6.45) is 3.72. The van der Waals surface area contributed by atoms with Crippen LogP contribution in [0.1, 0.15) is 36.8 Å². The summed E-state index contributed by atoms with van der Waals surface area (Å²) < 4.78 is 5.32. The minimum absolute atomic E-state index is 0.0794. The summed E-state index contributed by atoms with van der Waals surface area (Å²) >= 11 is 0. The van der Waals surface area contributed by atoms with Gasteiger partial charge >= 0.3 is 5.97 Å². The third-order valence-electron chi connectivity index (χ3n) is 3.03. The van der Waals surface area contributed by atoms with E-state index in [-0.39, 0.29) is 12.5 Å². The van der Waals surface area contributed by atoms with Gasteiger partial charge in [0.25, 0.3) is 0 Å². The molecule has 0 bridgehead atoms. The van der Waals surface area contributed by atoms with E-state index in [0.29, 0.717) is 5.76 Å². The number of rotatable bonds is 4. The van der Waals surface area contributed by atoms with Crippen molar-refractivity contribution in [1.29, 1.82) is 0 Å². The van der Waals surface area contributed by atoms with Crippen molar-refractivity contribution in [2.24, 2.45) is 0 Å². The van der Waals surface area contributed by atoms with Crippen LogP contribution in [0.4, 0.5) is 0 Å². The highest BCUT2D eigenvalue weighted by atomic mass is 16.4. The van der Waals surface area contributed by atoms with Gasteiger partial charge in [-0.2, -0.15) is 0 Å². The van der Waals surface area contributed by atoms with Gasteiger partial charge in [-0.25, -0.2) is 4.98 Å². The minimum Gasteiger partial charge on any atom is -0.481 e. The Hall–Kier alpha value is -1.36. The molecule has 1 saturated heterocycles. The molecule has 1 N–H and O–H groups in total. The standard InChI is InChI=1S/C11H16N2O3/c1-8-11(16-7-12-8)9(6-10(14)15)13-4-2-3-5-13/h7,9H,2-6H2,1H3,(H,14,15). The van der Waals surface area contributed by atoms with Crippen LogP contribution in [0.15, 0.2) is 10.8 Å². The zero-order valence-electron chi connectivity index (χ0n) is 9.35. The monoisotopic (exact) mass is 224 g/mol. The second-order valence-electron chi connectivity index (χ2n) is 4.16. The van der Waals surface area contributed by atoms with Gasteiger partial charge in [-0.05, 0) is 32.9 Å². The molecule has 1 aromatic rings. The number of likely N-dealkylation sites (tertiary alicyclic amines) is 1. The first-order valence-electron chi connectivity index (χ1n) is 5.54. The van der Waals surface area contributed by atoms with Crippen molar-refractivity contribution in [2.45, 2.75) is 32.2 Å². The summed E-state index contributed by atoms with van der Waals surface area (Å²) in [7, 11) is 0. The van der Waals surface area contributed by atoms with Gasteiger partial charge in [0, 0.05) is 0 Å². The lowest BCUT2D eigenvalue weighted by atomic mass is 10.1. The summed E-state index contributed by atoms with van der Waals surface area (Å²) in [5, 5.41) is 8.95. The van der Waals surface area contributed by atoms with Crippen molar-refractivity contribution in [2.75, 3.05) is 13.1 Å². The van der Waals surface area contributed by atoms with Gasteiger partial charge in [0.05, 0.1) is 18.2 Å². The van der Waals surface area contributed by atoms with E-state index < -0.39 is 5.97 Å². The second-order valence-corrected chi connectivity index (χ2v) is 4.16. The largest absolute Gasteiger partial charge is 0.481 e. The van der Waals surface area contributed by atoms with Crippen LogP contribution >= 0.6 is 0 Å². The van der Waals surface area contributed by atoms with Crippen LogP contribution in [0.5, 0.6) is 0 Å². The van der Waals surface area contributed by atoms with Crippen LogP contribution in [0.2, 0.25) is 0 Å². The maximum absolute atomic E-state index is 10.9. The van der Waals surface area contributed by atoms with Gasteiger partial charge in [-0.1, -0.05) is 0 Å². The number of hydrogen-bond donors (Lipinski definition) is 1. The second kappa shape index (κ2) is 4.65. The van der Waals surface area contributed by atoms with Gasteiger partial charge in [0.1, 0.15) is 5.76 Å². The predicted molar refractivity (Wildman–Crippen MR) is 57.0 cm³/mol. The number of aryl methyl sites for hydroxylation is 1. The fourth-order valence-corrected chi connectivity index (χ4v) is 2.24. The molecule has 16 heavy (non-hydrogen) atoms. The minimum atomic E-state index is -0.798. The fourth-order valence-electron chi connectivity index (χ4n) is 2.24. The maximum atomic E-state index is 10.9. The van der Waals surface area contributed by atoms with Crippen molar-refractivity contribution in [1.82, 2.24) is 9.88 Å². The average Bonchev–Trinajstić information content (AvgIpc) is 2.84. The Kier molecular flexibility index (Phi) is 3.24. The quantitative estimate of drug-likeness (QED) is 0.841. The molecule has 2 heterocycles. The lowest BCUT2D eigenvalue weighted by molar-refractivity contribution is -0.138. The number of carboxylic acids is 1. The number of aromatic nitrogens is 1. The van der Waals surface area contributed by atoms with Crippen LogP contribution in [0.25, 0.3) is 0 Å². The van der Waals surface area contributed by atoms with Crippen molar-refractivity contribution < 1.29 is 14.3 Å². The lowest BCUT2D eigenvalue weighted by Crippen LogP contribution is -2.27. The van der Waals surface area contributed by atoms with Gasteiger partial charge in [-0.3, -0.25) is 9.69 Å². The molecule has 0 saturated carbocycles. The van der Waals surface area contributed by atoms with Crippen molar-refractivity contribution in [3.05, 3.63) is 17.8 Å². The Morgan fingerprint density at radius 1 is 1.62 bits per heavy atom. The predicted octanol–water partition coefficient (Wildman–Crippen LogP) is 1.59. The van der Waals surface area contributed by atoms with Crippen molar-refractivity contribution in [3.8, 4) is 0 Å². The van der Waals surface area contributed by atoms with E-state index in [1.165, 1.54) is 6.39 Å². The third kappa shape index (κ3) is 2.24. The van der Waals surface area contributed by atoms with Gasteiger partial charge in [0.2, 0.25) is 0 Å². The highest BCUT2D eigenvalue weighted by molar-refractivity contribution is 5.67. The Labute approximate surface area is 94.1 Å². The summed E-state index contributed by atoms with van der Waals surface area (Å²) in [6.45, 7) is 3.74. The molecule has 1 aliphatic rings. The first kappa shape index (κ1) is 11.1. The Morgan fingerprint density at radius 2 is 2.31 bits per heavy atom. The van der Waals surface area contributed by atoms with Crippen LogP contribution in [-0.2, 0) is 4.79 Å². The van der Waals surface area contributed by atoms with Crippen molar-refractivity contribution in [3.63, 3.8) is 0 Å². The van der Waals surface area contributed by atoms with Crippen LogP contribution < -0.4 is 0 Å². The summed E-state index contributed by atoms with van der Waals surface area (Å²) in [5.74, 6) is -0.1000. The molecule has 5 nitrogen and oxygen atoms in total. The molecule has 2 rings (SSSR count). The van der Waals surface area contributed by atoms with E-state index in [4.69, 9.17) is 9.52 Å². The summed E-state index contributed by atoms with van der Waals surface area (Å²) in [6, 6.07) is -0.164. The molecule has 1 atom stereocenters. The Bertz CT molecular complexity index is 369. The highest BCUT2D eigenvalue weighted by Gasteiger charge is 2.29. The topological polar surface area (TPSA) is 66.6 Å². The Balaban J connectivity index is 2.20. The van der Waals surface area contributed by atoms with E-state index in [9.17, 15) is 4.79 Å². The molecule has 5 heteroatoms. The first-order valence-corrected chi connectivity index (χ1v) is 5.54. The van der Waals surface area contributed by atoms with Gasteiger partial charge in [-0.15, -0.1) is 0 Å². The summed E-state index contributed by atoms with van der Waals surface area (Å²) in [4.78, 5) is 17.1. The zero-order valence-corrected chi connectivity index (χ0v) is 9.35. The SMILES string of the molecule is Cc1ncoc1C(CC(=O)O)N1CCCC1. The van der Waals surface area contributed by atoms with E-state index in [1.807, 2.05) is 6.92 Å². The number of carbonyl (C=O) groups is 1. The number of aliphatic carboxylic acids is 1. The molecule has 0 radical (unpaired) electrons. The average molecular weight is 224 g/mol. The molecule has 1 aromatic heterocycles. The molecule has 88 valence electrons. The normalized spacial score (nSPS) is 18.8. The van der Waals surface area contributed by atoms with E-state index in [0.717, 1.165) is 31.6 Å². The fraction of sp³-hybridized carbons (Fsp3) is 0.636. The molecule has 1 unspecified atom stereocenters. The smallest absolute Gasteiger partial charge is 0.305 e. The van der Waals surface area contributed by atoms with E-state index in [1.54, 1.807) is 0 Å². The van der Waals surface area contributed by atoms with E-state index in [2.05, 4.69) is 9.88 Å². The third-order valence-corrected chi connectivity index (χ3v) is 3.03. The molecule has 0 spiro atoms. The summed E-state index contributed by atoms with van der Waals surface area (Å²) in [5.41, 5.74) is 0.790. The number of oxazole rings is 1.